The molecular weight excluding hydrogens is 193 g/mol. The van der Waals surface area contributed by atoms with E-state index in [1.807, 2.05) is 14.1 Å². The van der Waals surface area contributed by atoms with Crippen molar-refractivity contribution in [3.05, 3.63) is 29.6 Å². The molecule has 0 atom stereocenters. The van der Waals surface area contributed by atoms with Crippen LogP contribution in [0.2, 0.25) is 0 Å². The van der Waals surface area contributed by atoms with Crippen LogP contribution in [-0.2, 0) is 0 Å². The molecule has 0 radical (unpaired) electrons. The predicted molar refractivity (Wildman–Crippen MR) is 59.8 cm³/mol. The monoisotopic (exact) mass is 211 g/mol. The lowest BCUT2D eigenvalue weighted by atomic mass is 10.2. The van der Waals surface area contributed by atoms with Gasteiger partial charge in [-0.2, -0.15) is 0 Å². The highest BCUT2D eigenvalue weighted by molar-refractivity contribution is 5.27. The number of hydrogen-bond donors (Lipinski definition) is 0. The van der Waals surface area contributed by atoms with E-state index in [1.54, 1.807) is 19.1 Å². The minimum absolute atomic E-state index is 0.208. The van der Waals surface area contributed by atoms with E-state index in [9.17, 15) is 4.39 Å². The molecule has 0 bridgehead atoms. The van der Waals surface area contributed by atoms with Crippen LogP contribution in [0.5, 0.6) is 5.75 Å². The lowest BCUT2D eigenvalue weighted by Crippen LogP contribution is -2.15. The van der Waals surface area contributed by atoms with Crippen LogP contribution in [0.15, 0.2) is 18.2 Å². The molecule has 0 spiro atoms. The van der Waals surface area contributed by atoms with Gasteiger partial charge in [-0.25, -0.2) is 4.39 Å². The molecule has 2 nitrogen and oxygen atoms in total. The van der Waals surface area contributed by atoms with Gasteiger partial charge in [0.1, 0.15) is 11.6 Å². The van der Waals surface area contributed by atoms with Gasteiger partial charge in [-0.3, -0.25) is 0 Å². The minimum atomic E-state index is -0.208. The van der Waals surface area contributed by atoms with Crippen molar-refractivity contribution in [1.29, 1.82) is 0 Å². The molecule has 1 rings (SSSR count). The van der Waals surface area contributed by atoms with Gasteiger partial charge in [0.05, 0.1) is 6.61 Å². The van der Waals surface area contributed by atoms with Crippen LogP contribution in [0, 0.1) is 12.7 Å². The number of halogens is 1. The van der Waals surface area contributed by atoms with E-state index in [4.69, 9.17) is 4.74 Å². The first kappa shape index (κ1) is 12.0. The molecule has 0 N–H and O–H groups in total. The summed E-state index contributed by atoms with van der Waals surface area (Å²) in [6.07, 6.45) is 0.947. The van der Waals surface area contributed by atoms with Crippen molar-refractivity contribution >= 4 is 0 Å². The second kappa shape index (κ2) is 5.71. The number of hydrogen-bond acceptors (Lipinski definition) is 2. The fraction of sp³-hybridized carbons (Fsp3) is 0.500. The molecule has 0 fully saturated rings. The summed E-state index contributed by atoms with van der Waals surface area (Å²) in [5.74, 6) is 0.400. The highest BCUT2D eigenvalue weighted by Crippen LogP contribution is 2.15. The largest absolute Gasteiger partial charge is 0.493 e. The van der Waals surface area contributed by atoms with Gasteiger partial charge in [-0.1, -0.05) is 6.07 Å². The third-order valence-corrected chi connectivity index (χ3v) is 2.16. The van der Waals surface area contributed by atoms with Crippen LogP contribution >= 0.6 is 0 Å². The van der Waals surface area contributed by atoms with E-state index >= 15 is 0 Å². The van der Waals surface area contributed by atoms with Gasteiger partial charge in [0, 0.05) is 12.6 Å². The third-order valence-electron chi connectivity index (χ3n) is 2.16. The van der Waals surface area contributed by atoms with Gasteiger partial charge >= 0.3 is 0 Å². The lowest BCUT2D eigenvalue weighted by molar-refractivity contribution is 0.280. The van der Waals surface area contributed by atoms with Gasteiger partial charge in [0.15, 0.2) is 0 Å². The zero-order valence-corrected chi connectivity index (χ0v) is 9.59. The first-order valence-corrected chi connectivity index (χ1v) is 5.13. The Morgan fingerprint density at radius 1 is 1.33 bits per heavy atom. The Morgan fingerprint density at radius 2 is 2.07 bits per heavy atom. The summed E-state index contributed by atoms with van der Waals surface area (Å²) >= 11 is 0. The smallest absolute Gasteiger partial charge is 0.129 e. The van der Waals surface area contributed by atoms with Gasteiger partial charge in [0.2, 0.25) is 0 Å². The van der Waals surface area contributed by atoms with Crippen molar-refractivity contribution in [3.8, 4) is 5.75 Å². The average molecular weight is 211 g/mol. The van der Waals surface area contributed by atoms with Gasteiger partial charge in [0.25, 0.3) is 0 Å². The first-order chi connectivity index (χ1) is 7.09. The maximum absolute atomic E-state index is 13.1. The number of benzene rings is 1. The fourth-order valence-electron chi connectivity index (χ4n) is 1.23. The Kier molecular flexibility index (Phi) is 4.56. The molecule has 0 aliphatic rings. The van der Waals surface area contributed by atoms with E-state index in [1.165, 1.54) is 6.07 Å². The highest BCUT2D eigenvalue weighted by Gasteiger charge is 2.00. The molecule has 3 heteroatoms. The summed E-state index contributed by atoms with van der Waals surface area (Å²) in [4.78, 5) is 2.10. The molecular formula is C12H18FNO. The number of rotatable bonds is 5. The molecule has 1 aromatic carbocycles. The van der Waals surface area contributed by atoms with Gasteiger partial charge in [-0.05, 0) is 39.1 Å². The molecule has 0 saturated carbocycles. The third kappa shape index (κ3) is 4.30. The Hall–Kier alpha value is -1.09. The molecule has 0 aliphatic heterocycles. The molecule has 0 aromatic heterocycles. The minimum Gasteiger partial charge on any atom is -0.493 e. The molecule has 0 saturated heterocycles. The molecule has 0 heterocycles. The zero-order valence-electron chi connectivity index (χ0n) is 9.59. The van der Waals surface area contributed by atoms with Crippen molar-refractivity contribution in [2.45, 2.75) is 13.3 Å². The molecule has 84 valence electrons. The Balaban J connectivity index is 2.35. The van der Waals surface area contributed by atoms with E-state index < -0.39 is 0 Å². The summed E-state index contributed by atoms with van der Waals surface area (Å²) in [6, 6.07) is 4.97. The molecule has 15 heavy (non-hydrogen) atoms. The standard InChI is InChI=1S/C12H18FNO/c1-10-5-6-11(9-12(10)13)15-8-4-7-14(2)3/h5-6,9H,4,7-8H2,1-3H3. The quantitative estimate of drug-likeness (QED) is 0.694. The predicted octanol–water partition coefficient (Wildman–Crippen LogP) is 2.46. The molecule has 0 aliphatic carbocycles. The highest BCUT2D eigenvalue weighted by atomic mass is 19.1. The van der Waals surface area contributed by atoms with Crippen LogP contribution in [0.25, 0.3) is 0 Å². The summed E-state index contributed by atoms with van der Waals surface area (Å²) < 4.78 is 18.6. The summed E-state index contributed by atoms with van der Waals surface area (Å²) in [7, 11) is 4.04. The topological polar surface area (TPSA) is 12.5 Å². The lowest BCUT2D eigenvalue weighted by Gasteiger charge is -2.10. The van der Waals surface area contributed by atoms with Crippen molar-refractivity contribution in [2.75, 3.05) is 27.2 Å². The zero-order chi connectivity index (χ0) is 11.3. The number of nitrogens with zero attached hydrogens (tertiary/aromatic N) is 1. The normalized spacial score (nSPS) is 10.7. The van der Waals surface area contributed by atoms with Crippen molar-refractivity contribution < 1.29 is 9.13 Å². The SMILES string of the molecule is Cc1ccc(OCCCN(C)C)cc1F. The first-order valence-electron chi connectivity index (χ1n) is 5.13. The Labute approximate surface area is 90.7 Å². The fourth-order valence-corrected chi connectivity index (χ4v) is 1.23. The van der Waals surface area contributed by atoms with E-state index in [2.05, 4.69) is 4.90 Å². The maximum atomic E-state index is 13.1. The molecule has 0 amide bonds. The van der Waals surface area contributed by atoms with Crippen molar-refractivity contribution in [2.24, 2.45) is 0 Å². The van der Waals surface area contributed by atoms with Crippen LogP contribution < -0.4 is 4.74 Å². The molecule has 1 aromatic rings. The van der Waals surface area contributed by atoms with Gasteiger partial charge < -0.3 is 9.64 Å². The van der Waals surface area contributed by atoms with E-state index in [0.717, 1.165) is 13.0 Å². The Morgan fingerprint density at radius 3 is 2.67 bits per heavy atom. The van der Waals surface area contributed by atoms with Crippen LogP contribution in [0.1, 0.15) is 12.0 Å². The van der Waals surface area contributed by atoms with E-state index in [-0.39, 0.29) is 5.82 Å². The maximum Gasteiger partial charge on any atom is 0.129 e. The van der Waals surface area contributed by atoms with Crippen LogP contribution in [0.4, 0.5) is 4.39 Å². The summed E-state index contributed by atoms with van der Waals surface area (Å²) in [6.45, 7) is 3.35. The van der Waals surface area contributed by atoms with E-state index in [0.29, 0.717) is 17.9 Å². The molecule has 0 unspecified atom stereocenters. The second-order valence-electron chi connectivity index (χ2n) is 3.92. The number of aryl methyl sites for hydroxylation is 1. The average Bonchev–Trinajstić information content (AvgIpc) is 2.18. The van der Waals surface area contributed by atoms with Crippen LogP contribution in [0.3, 0.4) is 0 Å². The van der Waals surface area contributed by atoms with Gasteiger partial charge in [-0.15, -0.1) is 0 Å². The van der Waals surface area contributed by atoms with Crippen molar-refractivity contribution in [3.63, 3.8) is 0 Å². The second-order valence-corrected chi connectivity index (χ2v) is 3.92. The van der Waals surface area contributed by atoms with Crippen molar-refractivity contribution in [1.82, 2.24) is 4.90 Å². The summed E-state index contributed by atoms with van der Waals surface area (Å²) in [5, 5.41) is 0. The number of ether oxygens (including phenoxy) is 1. The van der Waals surface area contributed by atoms with Crippen LogP contribution in [-0.4, -0.2) is 32.1 Å². The Bertz CT molecular complexity index is 312. The summed E-state index contributed by atoms with van der Waals surface area (Å²) in [5.41, 5.74) is 0.649.